The highest BCUT2D eigenvalue weighted by atomic mass is 16.5. The Morgan fingerprint density at radius 1 is 1.31 bits per heavy atom. The topological polar surface area (TPSA) is 48.1 Å². The van der Waals surface area contributed by atoms with Gasteiger partial charge in [-0.25, -0.2) is 0 Å². The molecule has 1 aromatic rings. The van der Waals surface area contributed by atoms with Crippen LogP contribution in [0.5, 0.6) is 5.75 Å². The third kappa shape index (κ3) is 4.19. The van der Waals surface area contributed by atoms with Gasteiger partial charge in [0.05, 0.1) is 12.3 Å². The predicted molar refractivity (Wildman–Crippen MR) is 66.6 cm³/mol. The van der Waals surface area contributed by atoms with Gasteiger partial charge in [0.2, 0.25) is 0 Å². The number of nitrogens with two attached hydrogens (primary N) is 1. The molecule has 0 saturated carbocycles. The Kier molecular flexibility index (Phi) is 5.26. The Hall–Kier alpha value is -1.09. The molecule has 2 atom stereocenters. The van der Waals surface area contributed by atoms with Crippen LogP contribution in [0.4, 0.5) is 0 Å². The molecule has 0 aliphatic carbocycles. The number of hydrogen-bond donors (Lipinski definition) is 1. The zero-order valence-electron chi connectivity index (χ0n) is 10.4. The SMILES string of the molecule is CCC(N)Cc1ccc(OC(C)CC)cn1. The minimum absolute atomic E-state index is 0.203. The van der Waals surface area contributed by atoms with Gasteiger partial charge in [-0.05, 0) is 31.9 Å². The summed E-state index contributed by atoms with van der Waals surface area (Å²) in [6.07, 6.45) is 4.84. The average molecular weight is 222 g/mol. The molecule has 1 rings (SSSR count). The van der Waals surface area contributed by atoms with E-state index in [4.69, 9.17) is 10.5 Å². The van der Waals surface area contributed by atoms with E-state index >= 15 is 0 Å². The van der Waals surface area contributed by atoms with Crippen LogP contribution in [0.25, 0.3) is 0 Å². The highest BCUT2D eigenvalue weighted by molar-refractivity contribution is 5.20. The first-order chi connectivity index (χ1) is 7.65. The van der Waals surface area contributed by atoms with Crippen molar-refractivity contribution in [1.29, 1.82) is 0 Å². The molecule has 0 saturated heterocycles. The molecule has 0 radical (unpaired) electrons. The van der Waals surface area contributed by atoms with E-state index in [9.17, 15) is 0 Å². The van der Waals surface area contributed by atoms with Crippen molar-refractivity contribution in [3.63, 3.8) is 0 Å². The lowest BCUT2D eigenvalue weighted by atomic mass is 10.1. The summed E-state index contributed by atoms with van der Waals surface area (Å²) in [6.45, 7) is 6.25. The fourth-order valence-electron chi connectivity index (χ4n) is 1.33. The molecule has 0 bridgehead atoms. The minimum atomic E-state index is 0.203. The normalized spacial score (nSPS) is 14.5. The summed E-state index contributed by atoms with van der Waals surface area (Å²) in [5, 5.41) is 0. The van der Waals surface area contributed by atoms with Crippen molar-refractivity contribution in [1.82, 2.24) is 4.98 Å². The maximum atomic E-state index is 5.87. The number of aromatic nitrogens is 1. The third-order valence-corrected chi connectivity index (χ3v) is 2.71. The van der Waals surface area contributed by atoms with Crippen molar-refractivity contribution in [3.8, 4) is 5.75 Å². The summed E-state index contributed by atoms with van der Waals surface area (Å²) in [7, 11) is 0. The fourth-order valence-corrected chi connectivity index (χ4v) is 1.33. The molecule has 3 heteroatoms. The van der Waals surface area contributed by atoms with Crippen molar-refractivity contribution >= 4 is 0 Å². The molecule has 2 N–H and O–H groups in total. The van der Waals surface area contributed by atoms with E-state index in [-0.39, 0.29) is 12.1 Å². The van der Waals surface area contributed by atoms with Crippen molar-refractivity contribution in [2.75, 3.05) is 0 Å². The standard InChI is InChI=1S/C13H22N2O/c1-4-10(3)16-13-7-6-12(15-9-13)8-11(14)5-2/h6-7,9-11H,4-5,8,14H2,1-3H3. The first kappa shape index (κ1) is 13.0. The lowest BCUT2D eigenvalue weighted by Crippen LogP contribution is -2.21. The molecule has 0 aromatic carbocycles. The van der Waals surface area contributed by atoms with Gasteiger partial charge in [-0.15, -0.1) is 0 Å². The van der Waals surface area contributed by atoms with Gasteiger partial charge in [0.15, 0.2) is 0 Å². The third-order valence-electron chi connectivity index (χ3n) is 2.71. The average Bonchev–Trinajstić information content (AvgIpc) is 2.31. The highest BCUT2D eigenvalue weighted by Crippen LogP contribution is 2.13. The zero-order chi connectivity index (χ0) is 12.0. The van der Waals surface area contributed by atoms with Gasteiger partial charge in [-0.3, -0.25) is 4.98 Å². The molecule has 3 nitrogen and oxygen atoms in total. The summed E-state index contributed by atoms with van der Waals surface area (Å²) in [6, 6.07) is 4.17. The molecule has 2 unspecified atom stereocenters. The Balaban J connectivity index is 2.54. The Morgan fingerprint density at radius 2 is 2.06 bits per heavy atom. The van der Waals surface area contributed by atoms with E-state index in [0.717, 1.165) is 30.7 Å². The van der Waals surface area contributed by atoms with Gasteiger partial charge in [0.1, 0.15) is 5.75 Å². The Labute approximate surface area is 98.0 Å². The van der Waals surface area contributed by atoms with Crippen LogP contribution in [0.2, 0.25) is 0 Å². The molecule has 0 fully saturated rings. The van der Waals surface area contributed by atoms with Gasteiger partial charge >= 0.3 is 0 Å². The zero-order valence-corrected chi connectivity index (χ0v) is 10.4. The van der Waals surface area contributed by atoms with Crippen molar-refractivity contribution in [2.45, 2.75) is 52.2 Å². The molecule has 0 spiro atoms. The molecular formula is C13H22N2O. The highest BCUT2D eigenvalue weighted by Gasteiger charge is 2.04. The second-order valence-corrected chi connectivity index (χ2v) is 4.19. The second kappa shape index (κ2) is 6.48. The Morgan fingerprint density at radius 3 is 2.56 bits per heavy atom. The number of pyridine rings is 1. The molecule has 90 valence electrons. The van der Waals surface area contributed by atoms with Crippen LogP contribution in [0, 0.1) is 0 Å². The number of nitrogens with zero attached hydrogens (tertiary/aromatic N) is 1. The van der Waals surface area contributed by atoms with Crippen LogP contribution in [-0.2, 0) is 6.42 Å². The predicted octanol–water partition coefficient (Wildman–Crippen LogP) is 2.54. The van der Waals surface area contributed by atoms with Crippen molar-refractivity contribution in [3.05, 3.63) is 24.0 Å². The van der Waals surface area contributed by atoms with Crippen LogP contribution in [0.1, 0.15) is 39.3 Å². The molecule has 0 aliphatic heterocycles. The van der Waals surface area contributed by atoms with E-state index in [1.54, 1.807) is 6.20 Å². The van der Waals surface area contributed by atoms with E-state index in [0.29, 0.717) is 0 Å². The first-order valence-electron chi connectivity index (χ1n) is 6.02. The van der Waals surface area contributed by atoms with Crippen LogP contribution in [0.3, 0.4) is 0 Å². The summed E-state index contributed by atoms with van der Waals surface area (Å²) in [4.78, 5) is 4.35. The lowest BCUT2D eigenvalue weighted by molar-refractivity contribution is 0.216. The molecule has 16 heavy (non-hydrogen) atoms. The summed E-state index contributed by atoms with van der Waals surface area (Å²) in [5.74, 6) is 0.836. The van der Waals surface area contributed by atoms with Crippen LogP contribution < -0.4 is 10.5 Å². The molecule has 0 aliphatic rings. The van der Waals surface area contributed by atoms with Crippen LogP contribution >= 0.6 is 0 Å². The van der Waals surface area contributed by atoms with Crippen molar-refractivity contribution < 1.29 is 4.74 Å². The van der Waals surface area contributed by atoms with Gasteiger partial charge in [0.25, 0.3) is 0 Å². The quantitative estimate of drug-likeness (QED) is 0.804. The minimum Gasteiger partial charge on any atom is -0.489 e. The number of hydrogen-bond acceptors (Lipinski definition) is 3. The van der Waals surface area contributed by atoms with Gasteiger partial charge in [-0.2, -0.15) is 0 Å². The summed E-state index contributed by atoms with van der Waals surface area (Å²) in [5.41, 5.74) is 6.91. The molecule has 1 heterocycles. The number of ether oxygens (including phenoxy) is 1. The smallest absolute Gasteiger partial charge is 0.138 e. The second-order valence-electron chi connectivity index (χ2n) is 4.19. The number of rotatable bonds is 6. The molecular weight excluding hydrogens is 200 g/mol. The van der Waals surface area contributed by atoms with E-state index < -0.39 is 0 Å². The largest absolute Gasteiger partial charge is 0.489 e. The Bertz CT molecular complexity index is 266. The van der Waals surface area contributed by atoms with Gasteiger partial charge < -0.3 is 10.5 Å². The molecule has 0 amide bonds. The van der Waals surface area contributed by atoms with E-state index in [1.165, 1.54) is 0 Å². The first-order valence-corrected chi connectivity index (χ1v) is 6.02. The fraction of sp³-hybridized carbons (Fsp3) is 0.615. The monoisotopic (exact) mass is 222 g/mol. The van der Waals surface area contributed by atoms with Gasteiger partial charge in [0, 0.05) is 18.2 Å². The van der Waals surface area contributed by atoms with Crippen LogP contribution in [-0.4, -0.2) is 17.1 Å². The van der Waals surface area contributed by atoms with Crippen molar-refractivity contribution in [2.24, 2.45) is 5.73 Å². The van der Waals surface area contributed by atoms with Crippen LogP contribution in [0.15, 0.2) is 18.3 Å². The van der Waals surface area contributed by atoms with E-state index in [1.807, 2.05) is 12.1 Å². The maximum Gasteiger partial charge on any atom is 0.138 e. The summed E-state index contributed by atoms with van der Waals surface area (Å²) < 4.78 is 5.66. The molecule has 1 aromatic heterocycles. The maximum absolute atomic E-state index is 5.87. The summed E-state index contributed by atoms with van der Waals surface area (Å²) >= 11 is 0. The van der Waals surface area contributed by atoms with E-state index in [2.05, 4.69) is 25.8 Å². The lowest BCUT2D eigenvalue weighted by Gasteiger charge is -2.13. The van der Waals surface area contributed by atoms with Gasteiger partial charge in [-0.1, -0.05) is 13.8 Å².